The molecule has 0 saturated heterocycles. The molecule has 5 nitrogen and oxygen atoms in total. The molecule has 0 atom stereocenters. The Morgan fingerprint density at radius 2 is 2.11 bits per heavy atom. The zero-order valence-corrected chi connectivity index (χ0v) is 10.6. The van der Waals surface area contributed by atoms with Crippen LogP contribution in [0.25, 0.3) is 11.3 Å². The molecule has 0 saturated carbocycles. The Balaban J connectivity index is 2.10. The van der Waals surface area contributed by atoms with Crippen LogP contribution in [-0.2, 0) is 6.42 Å². The summed E-state index contributed by atoms with van der Waals surface area (Å²) in [5.41, 5.74) is 10.4. The van der Waals surface area contributed by atoms with E-state index in [0.717, 1.165) is 30.0 Å². The third-order valence-corrected chi connectivity index (χ3v) is 3.61. The Labute approximate surface area is 106 Å². The Morgan fingerprint density at radius 3 is 2.78 bits per heavy atom. The second-order valence-electron chi connectivity index (χ2n) is 4.78. The molecular formula is C13H17N5. The molecular weight excluding hydrogens is 226 g/mol. The third-order valence-electron chi connectivity index (χ3n) is 3.61. The Morgan fingerprint density at radius 1 is 1.33 bits per heavy atom. The summed E-state index contributed by atoms with van der Waals surface area (Å²) in [6, 6.07) is 6.34. The molecule has 0 fully saturated rings. The van der Waals surface area contributed by atoms with E-state index in [1.54, 1.807) is 0 Å². The van der Waals surface area contributed by atoms with Crippen LogP contribution in [0.4, 0.5) is 11.5 Å². The second kappa shape index (κ2) is 3.66. The highest BCUT2D eigenvalue weighted by atomic mass is 15.4. The van der Waals surface area contributed by atoms with Crippen molar-refractivity contribution in [3.8, 4) is 11.3 Å². The van der Waals surface area contributed by atoms with Crippen molar-refractivity contribution in [2.45, 2.75) is 13.3 Å². The second-order valence-corrected chi connectivity index (χ2v) is 4.78. The van der Waals surface area contributed by atoms with E-state index in [0.29, 0.717) is 5.82 Å². The molecule has 1 aromatic carbocycles. The number of hydrogen-bond acceptors (Lipinski definition) is 4. The minimum Gasteiger partial charge on any atom is -0.382 e. The number of hydrogen-bond donors (Lipinski definition) is 2. The molecule has 3 rings (SSSR count). The quantitative estimate of drug-likeness (QED) is 0.737. The van der Waals surface area contributed by atoms with Gasteiger partial charge in [-0.25, -0.2) is 9.66 Å². The summed E-state index contributed by atoms with van der Waals surface area (Å²) >= 11 is 0. The van der Waals surface area contributed by atoms with E-state index < -0.39 is 0 Å². The fraction of sp³-hybridized carbons (Fsp3) is 0.308. The number of likely N-dealkylation sites (N-methyl/N-ethyl adjacent to an activating group) is 1. The van der Waals surface area contributed by atoms with Gasteiger partial charge in [0, 0.05) is 24.8 Å². The third kappa shape index (κ3) is 1.44. The topological polar surface area (TPSA) is 73.1 Å². The van der Waals surface area contributed by atoms with Crippen molar-refractivity contribution < 1.29 is 0 Å². The number of anilines is 2. The molecule has 0 amide bonds. The lowest BCUT2D eigenvalue weighted by atomic mass is 10.1. The maximum Gasteiger partial charge on any atom is 0.150 e. The average Bonchev–Trinajstić information content (AvgIpc) is 2.85. The van der Waals surface area contributed by atoms with E-state index in [2.05, 4.69) is 35.1 Å². The lowest BCUT2D eigenvalue weighted by Crippen LogP contribution is -2.13. The maximum atomic E-state index is 5.97. The fourth-order valence-electron chi connectivity index (χ4n) is 2.49. The predicted molar refractivity (Wildman–Crippen MR) is 73.9 cm³/mol. The number of fused-ring (bicyclic) bond motifs is 1. The number of aryl methyl sites for hydroxylation is 1. The summed E-state index contributed by atoms with van der Waals surface area (Å²) in [4.78, 5) is 6.68. The van der Waals surface area contributed by atoms with Crippen molar-refractivity contribution in [2.24, 2.45) is 0 Å². The Kier molecular flexibility index (Phi) is 2.23. The number of imidazole rings is 1. The van der Waals surface area contributed by atoms with E-state index in [4.69, 9.17) is 11.6 Å². The SMILES string of the molecule is Cc1nc(-c2ccc3c(c2)CCN3C)c(N)n1N. The molecule has 1 aromatic heterocycles. The highest BCUT2D eigenvalue weighted by Gasteiger charge is 2.18. The van der Waals surface area contributed by atoms with E-state index in [9.17, 15) is 0 Å². The molecule has 5 heteroatoms. The first-order valence-corrected chi connectivity index (χ1v) is 6.02. The number of aromatic nitrogens is 2. The van der Waals surface area contributed by atoms with E-state index in [-0.39, 0.29) is 0 Å². The summed E-state index contributed by atoms with van der Waals surface area (Å²) < 4.78 is 1.43. The van der Waals surface area contributed by atoms with Gasteiger partial charge in [0.25, 0.3) is 0 Å². The van der Waals surface area contributed by atoms with Gasteiger partial charge in [-0.1, -0.05) is 6.07 Å². The van der Waals surface area contributed by atoms with Crippen molar-refractivity contribution in [3.05, 3.63) is 29.6 Å². The van der Waals surface area contributed by atoms with Crippen LogP contribution < -0.4 is 16.5 Å². The van der Waals surface area contributed by atoms with Crippen LogP contribution in [0.5, 0.6) is 0 Å². The standard InChI is InChI=1S/C13H17N5/c1-8-16-12(13(14)18(8)15)10-3-4-11-9(7-10)5-6-17(11)2/h3-4,7H,5-6,14-15H2,1-2H3. The predicted octanol–water partition coefficient (Wildman–Crippen LogP) is 1.15. The van der Waals surface area contributed by atoms with Crippen LogP contribution in [0.2, 0.25) is 0 Å². The van der Waals surface area contributed by atoms with Crippen LogP contribution in [0, 0.1) is 6.92 Å². The van der Waals surface area contributed by atoms with Crippen LogP contribution in [0.3, 0.4) is 0 Å². The Bertz CT molecular complexity index is 614. The lowest BCUT2D eigenvalue weighted by Gasteiger charge is -2.11. The molecule has 1 aliphatic heterocycles. The number of benzene rings is 1. The largest absolute Gasteiger partial charge is 0.382 e. The van der Waals surface area contributed by atoms with E-state index in [1.165, 1.54) is 15.9 Å². The Hall–Kier alpha value is -2.17. The van der Waals surface area contributed by atoms with Gasteiger partial charge in [0.2, 0.25) is 0 Å². The first-order chi connectivity index (χ1) is 8.58. The molecule has 2 aromatic rings. The van der Waals surface area contributed by atoms with Crippen molar-refractivity contribution in [2.75, 3.05) is 30.1 Å². The van der Waals surface area contributed by atoms with Crippen molar-refractivity contribution in [1.82, 2.24) is 9.66 Å². The molecule has 0 radical (unpaired) electrons. The summed E-state index contributed by atoms with van der Waals surface area (Å²) in [5, 5.41) is 0. The van der Waals surface area contributed by atoms with Gasteiger partial charge in [-0.2, -0.15) is 0 Å². The van der Waals surface area contributed by atoms with E-state index in [1.807, 2.05) is 6.92 Å². The van der Waals surface area contributed by atoms with Crippen molar-refractivity contribution in [3.63, 3.8) is 0 Å². The fourth-order valence-corrected chi connectivity index (χ4v) is 2.49. The van der Waals surface area contributed by atoms with Gasteiger partial charge in [-0.05, 0) is 31.0 Å². The van der Waals surface area contributed by atoms with Gasteiger partial charge in [0.05, 0.1) is 0 Å². The maximum absolute atomic E-state index is 5.97. The zero-order valence-electron chi connectivity index (χ0n) is 10.6. The van der Waals surface area contributed by atoms with Crippen LogP contribution in [0.1, 0.15) is 11.4 Å². The molecule has 0 aliphatic carbocycles. The smallest absolute Gasteiger partial charge is 0.150 e. The van der Waals surface area contributed by atoms with Gasteiger partial charge in [-0.3, -0.25) is 0 Å². The lowest BCUT2D eigenvalue weighted by molar-refractivity contribution is 0.937. The molecule has 2 heterocycles. The number of nitrogen functional groups attached to an aromatic ring is 2. The molecule has 0 unspecified atom stereocenters. The number of nitrogens with two attached hydrogens (primary N) is 2. The van der Waals surface area contributed by atoms with Gasteiger partial charge < -0.3 is 16.5 Å². The minimum absolute atomic E-state index is 0.513. The van der Waals surface area contributed by atoms with Crippen LogP contribution in [0.15, 0.2) is 18.2 Å². The first kappa shape index (κ1) is 11.0. The molecule has 94 valence electrons. The first-order valence-electron chi connectivity index (χ1n) is 6.02. The highest BCUT2D eigenvalue weighted by Crippen LogP contribution is 2.32. The van der Waals surface area contributed by atoms with Gasteiger partial charge >= 0.3 is 0 Å². The summed E-state index contributed by atoms with van der Waals surface area (Å²) in [7, 11) is 2.11. The number of nitrogens with zero attached hydrogens (tertiary/aromatic N) is 3. The zero-order chi connectivity index (χ0) is 12.9. The molecule has 1 aliphatic rings. The van der Waals surface area contributed by atoms with Crippen LogP contribution >= 0.6 is 0 Å². The van der Waals surface area contributed by atoms with Crippen LogP contribution in [-0.4, -0.2) is 23.3 Å². The molecule has 0 spiro atoms. The highest BCUT2D eigenvalue weighted by molar-refractivity contribution is 5.75. The average molecular weight is 243 g/mol. The van der Waals surface area contributed by atoms with Crippen molar-refractivity contribution in [1.29, 1.82) is 0 Å². The van der Waals surface area contributed by atoms with E-state index >= 15 is 0 Å². The summed E-state index contributed by atoms with van der Waals surface area (Å²) in [5.74, 6) is 7.03. The molecule has 0 bridgehead atoms. The van der Waals surface area contributed by atoms with Gasteiger partial charge in [-0.15, -0.1) is 0 Å². The number of rotatable bonds is 1. The molecule has 18 heavy (non-hydrogen) atoms. The summed E-state index contributed by atoms with van der Waals surface area (Å²) in [6.45, 7) is 2.92. The summed E-state index contributed by atoms with van der Waals surface area (Å²) in [6.07, 6.45) is 1.07. The van der Waals surface area contributed by atoms with Gasteiger partial charge in [0.1, 0.15) is 11.5 Å². The normalized spacial score (nSPS) is 14.0. The molecule has 4 N–H and O–H groups in total. The minimum atomic E-state index is 0.513. The monoisotopic (exact) mass is 243 g/mol. The van der Waals surface area contributed by atoms with Gasteiger partial charge in [0.15, 0.2) is 5.82 Å². The van der Waals surface area contributed by atoms with Crippen molar-refractivity contribution >= 4 is 11.5 Å².